The molecule has 1 N–H and O–H groups in total. The quantitative estimate of drug-likeness (QED) is 0.376. The molecule has 8 heteroatoms. The highest BCUT2D eigenvalue weighted by atomic mass is 16.6. The summed E-state index contributed by atoms with van der Waals surface area (Å²) in [6.07, 6.45) is 1.51. The lowest BCUT2D eigenvalue weighted by Crippen LogP contribution is -2.39. The van der Waals surface area contributed by atoms with Crippen molar-refractivity contribution >= 4 is 11.6 Å². The standard InChI is InChI=1S/C27H30N4O4/c1-27(2,3)35-26(33)28-22(16-18-34-19-20-11-6-4-7-12-20)24-29-30-17-10-15-23(30)25(32)31(24)21-13-8-5-9-14-21/h4-15,17,22H,16,18-19H2,1-3H3,(H,28,33)/t22-/m0/s1. The number of ether oxygens (including phenoxy) is 2. The van der Waals surface area contributed by atoms with Gasteiger partial charge in [-0.1, -0.05) is 48.5 Å². The second-order valence-electron chi connectivity index (χ2n) is 9.20. The number of para-hydroxylation sites is 1. The van der Waals surface area contributed by atoms with Gasteiger partial charge in [0, 0.05) is 12.8 Å². The molecular weight excluding hydrogens is 444 g/mol. The molecule has 0 unspecified atom stereocenters. The molecule has 0 bridgehead atoms. The molecule has 8 nitrogen and oxygen atoms in total. The number of nitrogens with one attached hydrogen (secondary N) is 1. The monoisotopic (exact) mass is 474 g/mol. The van der Waals surface area contributed by atoms with Crippen molar-refractivity contribution < 1.29 is 14.3 Å². The van der Waals surface area contributed by atoms with Crippen LogP contribution in [0.15, 0.2) is 83.8 Å². The molecule has 1 atom stereocenters. The van der Waals surface area contributed by atoms with Gasteiger partial charge in [0.1, 0.15) is 11.1 Å². The van der Waals surface area contributed by atoms with Gasteiger partial charge in [-0.3, -0.25) is 9.36 Å². The average molecular weight is 475 g/mol. The molecule has 0 aliphatic carbocycles. The van der Waals surface area contributed by atoms with E-state index in [1.807, 2.05) is 60.7 Å². The number of nitrogens with zero attached hydrogens (tertiary/aromatic N) is 3. The number of rotatable bonds is 8. The Balaban J connectivity index is 1.67. The molecule has 4 aromatic rings. The third kappa shape index (κ3) is 6.16. The second kappa shape index (κ2) is 10.6. The Morgan fingerprint density at radius 2 is 1.69 bits per heavy atom. The minimum atomic E-state index is -0.671. The summed E-state index contributed by atoms with van der Waals surface area (Å²) in [5, 5.41) is 7.62. The second-order valence-corrected chi connectivity index (χ2v) is 9.20. The molecule has 0 aliphatic rings. The Labute approximate surface area is 204 Å². The van der Waals surface area contributed by atoms with Gasteiger partial charge in [-0.2, -0.15) is 5.10 Å². The van der Waals surface area contributed by atoms with Crippen molar-refractivity contribution in [2.45, 2.75) is 45.4 Å². The summed E-state index contributed by atoms with van der Waals surface area (Å²) >= 11 is 0. The Kier molecular flexibility index (Phi) is 7.31. The number of aromatic nitrogens is 3. The molecular formula is C27H30N4O4. The smallest absolute Gasteiger partial charge is 0.408 e. The summed E-state index contributed by atoms with van der Waals surface area (Å²) in [5.41, 5.74) is 1.25. The lowest BCUT2D eigenvalue weighted by atomic mass is 10.1. The highest BCUT2D eigenvalue weighted by molar-refractivity contribution is 5.68. The first kappa shape index (κ1) is 24.2. The molecule has 0 radical (unpaired) electrons. The van der Waals surface area contributed by atoms with E-state index in [9.17, 15) is 9.59 Å². The number of amides is 1. The molecule has 0 saturated heterocycles. The maximum atomic E-state index is 13.5. The fraction of sp³-hybridized carbons (Fsp3) is 0.296. The first-order chi connectivity index (χ1) is 16.8. The predicted octanol–water partition coefficient (Wildman–Crippen LogP) is 4.66. The maximum Gasteiger partial charge on any atom is 0.408 e. The number of hydrogen-bond donors (Lipinski definition) is 1. The van der Waals surface area contributed by atoms with Gasteiger partial charge >= 0.3 is 6.09 Å². The van der Waals surface area contributed by atoms with E-state index < -0.39 is 17.7 Å². The van der Waals surface area contributed by atoms with E-state index in [0.29, 0.717) is 36.7 Å². The van der Waals surface area contributed by atoms with E-state index in [1.54, 1.807) is 39.1 Å². The topological polar surface area (TPSA) is 86.9 Å². The van der Waals surface area contributed by atoms with E-state index in [-0.39, 0.29) is 5.56 Å². The lowest BCUT2D eigenvalue weighted by molar-refractivity contribution is 0.0477. The first-order valence-corrected chi connectivity index (χ1v) is 11.6. The van der Waals surface area contributed by atoms with Crippen LogP contribution in [0.4, 0.5) is 4.79 Å². The van der Waals surface area contributed by atoms with Gasteiger partial charge in [0.05, 0.1) is 18.3 Å². The number of alkyl carbamates (subject to hydrolysis) is 1. The van der Waals surface area contributed by atoms with E-state index in [4.69, 9.17) is 14.6 Å². The van der Waals surface area contributed by atoms with Crippen LogP contribution >= 0.6 is 0 Å². The maximum absolute atomic E-state index is 13.5. The van der Waals surface area contributed by atoms with Crippen molar-refractivity contribution in [3.05, 3.63) is 101 Å². The van der Waals surface area contributed by atoms with Crippen LogP contribution in [0.2, 0.25) is 0 Å². The Morgan fingerprint density at radius 1 is 1.00 bits per heavy atom. The largest absolute Gasteiger partial charge is 0.444 e. The normalized spacial score (nSPS) is 12.4. The fourth-order valence-electron chi connectivity index (χ4n) is 3.74. The lowest BCUT2D eigenvalue weighted by Gasteiger charge is -2.25. The molecule has 35 heavy (non-hydrogen) atoms. The van der Waals surface area contributed by atoms with Crippen LogP contribution < -0.4 is 10.9 Å². The van der Waals surface area contributed by atoms with E-state index in [1.165, 1.54) is 9.08 Å². The number of hydrogen-bond acceptors (Lipinski definition) is 5. The summed E-state index contributed by atoms with van der Waals surface area (Å²) in [5.74, 6) is 0.388. The zero-order chi connectivity index (χ0) is 24.8. The van der Waals surface area contributed by atoms with Gasteiger partial charge in [-0.15, -0.1) is 0 Å². The van der Waals surface area contributed by atoms with Crippen molar-refractivity contribution in [2.24, 2.45) is 0 Å². The van der Waals surface area contributed by atoms with Crippen LogP contribution in [0.25, 0.3) is 11.2 Å². The van der Waals surface area contributed by atoms with Crippen LogP contribution in [0.1, 0.15) is 44.6 Å². The van der Waals surface area contributed by atoms with Crippen molar-refractivity contribution in [1.82, 2.24) is 19.5 Å². The molecule has 2 aromatic heterocycles. The third-order valence-corrected chi connectivity index (χ3v) is 5.27. The van der Waals surface area contributed by atoms with Gasteiger partial charge in [0.25, 0.3) is 5.56 Å². The van der Waals surface area contributed by atoms with Gasteiger partial charge in [-0.05, 0) is 57.0 Å². The van der Waals surface area contributed by atoms with Crippen LogP contribution in [0.3, 0.4) is 0 Å². The molecule has 0 aliphatic heterocycles. The fourth-order valence-corrected chi connectivity index (χ4v) is 3.74. The van der Waals surface area contributed by atoms with Gasteiger partial charge in [0.2, 0.25) is 0 Å². The Hall–Kier alpha value is -3.91. The van der Waals surface area contributed by atoms with E-state index in [0.717, 1.165) is 5.56 Å². The SMILES string of the molecule is CC(C)(C)OC(=O)N[C@@H](CCOCc1ccccc1)c1nn2cccc2c(=O)n1-c1ccccc1. The number of carbonyl (C=O) groups is 1. The van der Waals surface area contributed by atoms with E-state index >= 15 is 0 Å². The Morgan fingerprint density at radius 3 is 2.37 bits per heavy atom. The van der Waals surface area contributed by atoms with Crippen LogP contribution in [0.5, 0.6) is 0 Å². The molecule has 4 rings (SSSR count). The predicted molar refractivity (Wildman–Crippen MR) is 134 cm³/mol. The summed E-state index contributed by atoms with van der Waals surface area (Å²) < 4.78 is 14.5. The Bertz CT molecular complexity index is 1320. The van der Waals surface area contributed by atoms with Crippen molar-refractivity contribution in [1.29, 1.82) is 0 Å². The average Bonchev–Trinajstić information content (AvgIpc) is 3.30. The first-order valence-electron chi connectivity index (χ1n) is 11.6. The number of benzene rings is 2. The summed E-state index contributed by atoms with van der Waals surface area (Å²) in [4.78, 5) is 26.2. The molecule has 0 spiro atoms. The number of carbonyl (C=O) groups excluding carboxylic acids is 1. The summed E-state index contributed by atoms with van der Waals surface area (Å²) in [6.45, 7) is 6.18. The minimum absolute atomic E-state index is 0.229. The van der Waals surface area contributed by atoms with Crippen LogP contribution in [0, 0.1) is 0 Å². The highest BCUT2D eigenvalue weighted by Crippen LogP contribution is 2.20. The summed E-state index contributed by atoms with van der Waals surface area (Å²) in [6, 6.07) is 22.0. The number of fused-ring (bicyclic) bond motifs is 1. The third-order valence-electron chi connectivity index (χ3n) is 5.27. The van der Waals surface area contributed by atoms with Gasteiger partial charge in [0.15, 0.2) is 5.82 Å². The molecule has 2 aromatic carbocycles. The van der Waals surface area contributed by atoms with Crippen molar-refractivity contribution in [2.75, 3.05) is 6.61 Å². The zero-order valence-corrected chi connectivity index (χ0v) is 20.2. The molecule has 182 valence electrons. The van der Waals surface area contributed by atoms with Crippen LogP contribution in [-0.2, 0) is 16.1 Å². The van der Waals surface area contributed by atoms with Crippen LogP contribution in [-0.4, -0.2) is 32.5 Å². The molecule has 0 fully saturated rings. The summed E-state index contributed by atoms with van der Waals surface area (Å²) in [7, 11) is 0. The zero-order valence-electron chi connectivity index (χ0n) is 20.2. The molecule has 2 heterocycles. The van der Waals surface area contributed by atoms with Crippen molar-refractivity contribution in [3.8, 4) is 5.69 Å². The van der Waals surface area contributed by atoms with Gasteiger partial charge in [-0.25, -0.2) is 9.31 Å². The molecule has 0 saturated carbocycles. The molecule has 1 amide bonds. The minimum Gasteiger partial charge on any atom is -0.444 e. The highest BCUT2D eigenvalue weighted by Gasteiger charge is 2.26. The van der Waals surface area contributed by atoms with Gasteiger partial charge < -0.3 is 14.8 Å². The van der Waals surface area contributed by atoms with Crippen molar-refractivity contribution in [3.63, 3.8) is 0 Å². The van der Waals surface area contributed by atoms with E-state index in [2.05, 4.69) is 5.32 Å².